The fourth-order valence-electron chi connectivity index (χ4n) is 3.92. The van der Waals surface area contributed by atoms with Crippen molar-refractivity contribution >= 4 is 0 Å². The van der Waals surface area contributed by atoms with Crippen molar-refractivity contribution in [2.75, 3.05) is 13.1 Å². The summed E-state index contributed by atoms with van der Waals surface area (Å²) in [5, 5.41) is 0. The molecule has 1 aliphatic heterocycles. The highest BCUT2D eigenvalue weighted by molar-refractivity contribution is 4.90. The lowest BCUT2D eigenvalue weighted by atomic mass is 9.77. The third-order valence-corrected chi connectivity index (χ3v) is 5.11. The Morgan fingerprint density at radius 1 is 1.06 bits per heavy atom. The van der Waals surface area contributed by atoms with Gasteiger partial charge in [0.25, 0.3) is 0 Å². The van der Waals surface area contributed by atoms with Gasteiger partial charge in [0.05, 0.1) is 0 Å². The van der Waals surface area contributed by atoms with Crippen LogP contribution in [0.2, 0.25) is 0 Å². The van der Waals surface area contributed by atoms with Gasteiger partial charge in [-0.05, 0) is 50.5 Å². The molecule has 2 rings (SSSR count). The van der Waals surface area contributed by atoms with Crippen molar-refractivity contribution in [3.8, 4) is 0 Å². The van der Waals surface area contributed by atoms with Crippen LogP contribution in [0.25, 0.3) is 0 Å². The molecule has 2 nitrogen and oxygen atoms in total. The minimum Gasteiger partial charge on any atom is -0.328 e. The zero-order valence-corrected chi connectivity index (χ0v) is 11.9. The maximum atomic E-state index is 6.06. The lowest BCUT2D eigenvalue weighted by molar-refractivity contribution is 0.0947. The second-order valence-electron chi connectivity index (χ2n) is 6.66. The standard InChI is InChI=1S/C15H30N2/c1-11(2)14-6-4-5-7-15(14)17-9-8-13(10-17)12(3)16/h11-15H,4-10,16H2,1-3H3. The second kappa shape index (κ2) is 5.71. The Kier molecular flexibility index (Phi) is 4.48. The van der Waals surface area contributed by atoms with Crippen LogP contribution in [0.5, 0.6) is 0 Å². The molecule has 1 aliphatic carbocycles. The number of hydrogen-bond acceptors (Lipinski definition) is 2. The van der Waals surface area contributed by atoms with Gasteiger partial charge in [0, 0.05) is 18.6 Å². The SMILES string of the molecule is CC(C)C1CCCCC1N1CCC(C(C)N)C1. The van der Waals surface area contributed by atoms with E-state index in [2.05, 4.69) is 25.7 Å². The van der Waals surface area contributed by atoms with Crippen LogP contribution in [0.1, 0.15) is 52.9 Å². The van der Waals surface area contributed by atoms with Crippen LogP contribution in [-0.2, 0) is 0 Å². The Morgan fingerprint density at radius 3 is 2.35 bits per heavy atom. The molecular weight excluding hydrogens is 208 g/mol. The van der Waals surface area contributed by atoms with E-state index in [1.807, 2.05) is 0 Å². The lowest BCUT2D eigenvalue weighted by Gasteiger charge is -2.40. The van der Waals surface area contributed by atoms with Crippen LogP contribution in [0, 0.1) is 17.8 Å². The maximum Gasteiger partial charge on any atom is 0.0126 e. The number of nitrogens with two attached hydrogens (primary N) is 1. The highest BCUT2D eigenvalue weighted by Gasteiger charge is 2.36. The molecule has 0 radical (unpaired) electrons. The summed E-state index contributed by atoms with van der Waals surface area (Å²) in [4.78, 5) is 2.76. The minimum atomic E-state index is 0.376. The van der Waals surface area contributed by atoms with Gasteiger partial charge >= 0.3 is 0 Å². The molecule has 2 heteroatoms. The van der Waals surface area contributed by atoms with Crippen molar-refractivity contribution in [3.05, 3.63) is 0 Å². The first kappa shape index (κ1) is 13.4. The molecule has 4 atom stereocenters. The maximum absolute atomic E-state index is 6.06. The van der Waals surface area contributed by atoms with E-state index in [-0.39, 0.29) is 0 Å². The molecule has 0 aromatic carbocycles. The van der Waals surface area contributed by atoms with E-state index in [1.165, 1.54) is 45.2 Å². The van der Waals surface area contributed by atoms with E-state index in [9.17, 15) is 0 Å². The quantitative estimate of drug-likeness (QED) is 0.819. The van der Waals surface area contributed by atoms with Gasteiger partial charge in [-0.3, -0.25) is 4.90 Å². The molecule has 2 N–H and O–H groups in total. The number of nitrogens with zero attached hydrogens (tertiary/aromatic N) is 1. The van der Waals surface area contributed by atoms with Crippen LogP contribution < -0.4 is 5.73 Å². The smallest absolute Gasteiger partial charge is 0.0126 e. The van der Waals surface area contributed by atoms with Crippen LogP contribution in [0.15, 0.2) is 0 Å². The van der Waals surface area contributed by atoms with Crippen LogP contribution in [0.4, 0.5) is 0 Å². The summed E-state index contributed by atoms with van der Waals surface area (Å²) in [5.74, 6) is 2.51. The van der Waals surface area contributed by atoms with E-state index in [0.717, 1.165) is 23.8 Å². The van der Waals surface area contributed by atoms with E-state index in [1.54, 1.807) is 0 Å². The molecule has 1 heterocycles. The molecule has 2 fully saturated rings. The Hall–Kier alpha value is -0.0800. The van der Waals surface area contributed by atoms with Crippen LogP contribution in [-0.4, -0.2) is 30.1 Å². The molecule has 2 aliphatic rings. The fourth-order valence-corrected chi connectivity index (χ4v) is 3.92. The summed E-state index contributed by atoms with van der Waals surface area (Å²) < 4.78 is 0. The number of hydrogen-bond donors (Lipinski definition) is 1. The third kappa shape index (κ3) is 3.03. The zero-order valence-electron chi connectivity index (χ0n) is 11.9. The minimum absolute atomic E-state index is 0.376. The summed E-state index contributed by atoms with van der Waals surface area (Å²) >= 11 is 0. The van der Waals surface area contributed by atoms with E-state index in [0.29, 0.717) is 6.04 Å². The monoisotopic (exact) mass is 238 g/mol. The van der Waals surface area contributed by atoms with Crippen LogP contribution in [0.3, 0.4) is 0 Å². The van der Waals surface area contributed by atoms with Crippen molar-refractivity contribution < 1.29 is 0 Å². The fraction of sp³-hybridized carbons (Fsp3) is 1.00. The Labute approximate surface area is 107 Å². The zero-order chi connectivity index (χ0) is 12.4. The van der Waals surface area contributed by atoms with Crippen molar-refractivity contribution in [1.82, 2.24) is 4.90 Å². The summed E-state index contributed by atoms with van der Waals surface area (Å²) in [6.07, 6.45) is 7.08. The molecule has 0 aromatic rings. The Balaban J connectivity index is 1.96. The predicted molar refractivity (Wildman–Crippen MR) is 73.9 cm³/mol. The highest BCUT2D eigenvalue weighted by atomic mass is 15.2. The number of likely N-dealkylation sites (tertiary alicyclic amines) is 1. The Bertz CT molecular complexity index is 237. The van der Waals surface area contributed by atoms with Crippen molar-refractivity contribution in [2.45, 2.75) is 65.0 Å². The summed E-state index contributed by atoms with van der Waals surface area (Å²) in [7, 11) is 0. The predicted octanol–water partition coefficient (Wildman–Crippen LogP) is 2.87. The van der Waals surface area contributed by atoms with Gasteiger partial charge in [-0.15, -0.1) is 0 Å². The first-order chi connectivity index (χ1) is 8.09. The summed E-state index contributed by atoms with van der Waals surface area (Å²) in [5.41, 5.74) is 6.06. The molecule has 0 bridgehead atoms. The topological polar surface area (TPSA) is 29.3 Å². The summed E-state index contributed by atoms with van der Waals surface area (Å²) in [6, 6.07) is 1.23. The van der Waals surface area contributed by atoms with E-state index in [4.69, 9.17) is 5.73 Å². The average Bonchev–Trinajstić information content (AvgIpc) is 2.78. The molecular formula is C15H30N2. The molecule has 0 amide bonds. The van der Waals surface area contributed by atoms with Gasteiger partial charge in [0.15, 0.2) is 0 Å². The average molecular weight is 238 g/mol. The largest absolute Gasteiger partial charge is 0.328 e. The van der Waals surface area contributed by atoms with Crippen molar-refractivity contribution in [1.29, 1.82) is 0 Å². The highest BCUT2D eigenvalue weighted by Crippen LogP contribution is 2.36. The molecule has 100 valence electrons. The van der Waals surface area contributed by atoms with Gasteiger partial charge in [0.2, 0.25) is 0 Å². The van der Waals surface area contributed by atoms with Gasteiger partial charge in [-0.25, -0.2) is 0 Å². The van der Waals surface area contributed by atoms with Gasteiger partial charge in [0.1, 0.15) is 0 Å². The molecule has 4 unspecified atom stereocenters. The molecule has 1 saturated heterocycles. The first-order valence-electron chi connectivity index (χ1n) is 7.59. The molecule has 0 aromatic heterocycles. The van der Waals surface area contributed by atoms with Crippen LogP contribution >= 0.6 is 0 Å². The Morgan fingerprint density at radius 2 is 1.76 bits per heavy atom. The van der Waals surface area contributed by atoms with Crippen molar-refractivity contribution in [2.24, 2.45) is 23.5 Å². The van der Waals surface area contributed by atoms with Gasteiger partial charge in [-0.1, -0.05) is 26.7 Å². The van der Waals surface area contributed by atoms with Crippen molar-refractivity contribution in [3.63, 3.8) is 0 Å². The normalized spacial score (nSPS) is 37.6. The first-order valence-corrected chi connectivity index (χ1v) is 7.59. The lowest BCUT2D eigenvalue weighted by Crippen LogP contribution is -2.43. The van der Waals surface area contributed by atoms with E-state index < -0.39 is 0 Å². The van der Waals surface area contributed by atoms with E-state index >= 15 is 0 Å². The molecule has 17 heavy (non-hydrogen) atoms. The number of rotatable bonds is 3. The molecule has 1 saturated carbocycles. The van der Waals surface area contributed by atoms with Gasteiger partial charge < -0.3 is 5.73 Å². The molecule has 0 spiro atoms. The van der Waals surface area contributed by atoms with Gasteiger partial charge in [-0.2, -0.15) is 0 Å². The summed E-state index contributed by atoms with van der Waals surface area (Å²) in [6.45, 7) is 9.53. The third-order valence-electron chi connectivity index (χ3n) is 5.11. The second-order valence-corrected chi connectivity index (χ2v) is 6.66.